The molecule has 5 rings (SSSR count). The van der Waals surface area contributed by atoms with Crippen molar-refractivity contribution in [2.45, 2.75) is 31.3 Å². The Hall–Kier alpha value is -4.81. The molecular weight excluding hydrogens is 504 g/mol. The van der Waals surface area contributed by atoms with Crippen LogP contribution in [0.15, 0.2) is 47.7 Å². The number of hydrogen-bond acceptors (Lipinski definition) is 8. The highest BCUT2D eigenvalue weighted by Gasteiger charge is 2.30. The van der Waals surface area contributed by atoms with Crippen molar-refractivity contribution >= 4 is 40.4 Å². The minimum atomic E-state index is -0.589. The predicted octanol–water partition coefficient (Wildman–Crippen LogP) is 3.51. The molecule has 0 unspecified atom stereocenters. The van der Waals surface area contributed by atoms with Crippen LogP contribution in [0.4, 0.5) is 26.8 Å². The lowest BCUT2D eigenvalue weighted by molar-refractivity contribution is 0.166. The molecule has 2 atom stereocenters. The zero-order valence-corrected chi connectivity index (χ0v) is 22.1. The minimum Gasteiger partial charge on any atom is -0.453 e. The van der Waals surface area contributed by atoms with Crippen LogP contribution in [0.5, 0.6) is 0 Å². The molecule has 0 spiro atoms. The molecule has 1 saturated carbocycles. The number of hydrogen-bond donors (Lipinski definition) is 3. The Labute approximate surface area is 223 Å². The standard InChI is InChI=1S/C26H30N8O5/c1-32-14-16(12-28-32)15-7-18(9-19(8-15)31-25(36)39-4)29-23-11-21-22(13-27-23)33(2)26(37)34(21)20-6-5-17(10-20)30-24(35)38-3/h7-9,11-14,17,20H,5-6,10H2,1-4H3,(H,27,29)(H,30,35)(H,31,36)/t17-,20-/m1/s1. The molecule has 3 aromatic heterocycles. The molecule has 1 fully saturated rings. The van der Waals surface area contributed by atoms with Crippen molar-refractivity contribution < 1.29 is 19.1 Å². The maximum absolute atomic E-state index is 13.2. The van der Waals surface area contributed by atoms with Gasteiger partial charge >= 0.3 is 17.9 Å². The molecule has 1 aliphatic rings. The number of benzene rings is 1. The molecule has 3 heterocycles. The molecule has 0 bridgehead atoms. The number of aromatic nitrogens is 5. The van der Waals surface area contributed by atoms with Crippen molar-refractivity contribution in [2.24, 2.45) is 14.1 Å². The van der Waals surface area contributed by atoms with E-state index in [0.29, 0.717) is 29.1 Å². The molecule has 13 heteroatoms. The van der Waals surface area contributed by atoms with Crippen LogP contribution in [0.1, 0.15) is 25.3 Å². The Bertz CT molecular complexity index is 1600. The second-order valence-electron chi connectivity index (χ2n) is 9.51. The van der Waals surface area contributed by atoms with Crippen LogP contribution in [-0.2, 0) is 23.6 Å². The van der Waals surface area contributed by atoms with Crippen molar-refractivity contribution in [2.75, 3.05) is 24.9 Å². The van der Waals surface area contributed by atoms with Crippen LogP contribution in [0.2, 0.25) is 0 Å². The van der Waals surface area contributed by atoms with E-state index in [1.165, 1.54) is 14.2 Å². The van der Waals surface area contributed by atoms with E-state index in [2.05, 4.69) is 26.0 Å². The highest BCUT2D eigenvalue weighted by atomic mass is 16.5. The van der Waals surface area contributed by atoms with Gasteiger partial charge in [-0.25, -0.2) is 19.4 Å². The summed E-state index contributed by atoms with van der Waals surface area (Å²) in [5.74, 6) is 0.524. The van der Waals surface area contributed by atoms with Gasteiger partial charge in [0.05, 0.1) is 37.6 Å². The van der Waals surface area contributed by atoms with Crippen LogP contribution in [-0.4, -0.2) is 56.3 Å². The van der Waals surface area contributed by atoms with Gasteiger partial charge in [-0.15, -0.1) is 0 Å². The topological polar surface area (TPSA) is 146 Å². The highest BCUT2D eigenvalue weighted by Crippen LogP contribution is 2.33. The summed E-state index contributed by atoms with van der Waals surface area (Å²) in [4.78, 5) is 41.3. The lowest BCUT2D eigenvalue weighted by atomic mass is 10.1. The Morgan fingerprint density at radius 3 is 2.44 bits per heavy atom. The second kappa shape index (κ2) is 10.5. The Balaban J connectivity index is 1.48. The smallest absolute Gasteiger partial charge is 0.411 e. The molecule has 0 radical (unpaired) electrons. The zero-order valence-electron chi connectivity index (χ0n) is 22.1. The number of carbonyl (C=O) groups is 2. The van der Waals surface area contributed by atoms with Gasteiger partial charge in [0.25, 0.3) is 0 Å². The van der Waals surface area contributed by atoms with Crippen LogP contribution in [0.25, 0.3) is 22.2 Å². The van der Waals surface area contributed by atoms with Crippen LogP contribution in [0.3, 0.4) is 0 Å². The fraction of sp³-hybridized carbons (Fsp3) is 0.346. The Kier molecular flexibility index (Phi) is 6.96. The number of nitrogens with one attached hydrogen (secondary N) is 3. The zero-order chi connectivity index (χ0) is 27.7. The number of pyridine rings is 1. The summed E-state index contributed by atoms with van der Waals surface area (Å²) < 4.78 is 14.5. The number of amides is 2. The van der Waals surface area contributed by atoms with E-state index in [-0.39, 0.29) is 17.8 Å². The lowest BCUT2D eigenvalue weighted by Crippen LogP contribution is -2.33. The van der Waals surface area contributed by atoms with Gasteiger partial charge in [0, 0.05) is 55.4 Å². The third-order valence-electron chi connectivity index (χ3n) is 6.93. The summed E-state index contributed by atoms with van der Waals surface area (Å²) in [6.45, 7) is 0. The van der Waals surface area contributed by atoms with Gasteiger partial charge < -0.3 is 20.1 Å². The van der Waals surface area contributed by atoms with Crippen LogP contribution < -0.4 is 21.6 Å². The number of aryl methyl sites for hydroxylation is 2. The van der Waals surface area contributed by atoms with Crippen molar-refractivity contribution in [3.8, 4) is 11.1 Å². The third-order valence-corrected chi connectivity index (χ3v) is 6.93. The van der Waals surface area contributed by atoms with Crippen molar-refractivity contribution in [1.82, 2.24) is 29.2 Å². The predicted molar refractivity (Wildman–Crippen MR) is 145 cm³/mol. The number of anilines is 3. The summed E-state index contributed by atoms with van der Waals surface area (Å²) in [5.41, 5.74) is 4.18. The normalized spacial score (nSPS) is 16.7. The molecule has 1 aromatic carbocycles. The number of ether oxygens (including phenoxy) is 2. The van der Waals surface area contributed by atoms with Crippen molar-refractivity contribution in [3.05, 3.63) is 53.3 Å². The summed E-state index contributed by atoms with van der Waals surface area (Å²) in [7, 11) is 6.18. The first-order valence-corrected chi connectivity index (χ1v) is 12.4. The fourth-order valence-electron chi connectivity index (χ4n) is 5.05. The van der Waals surface area contributed by atoms with Crippen LogP contribution >= 0.6 is 0 Å². The van der Waals surface area contributed by atoms with Gasteiger partial charge in [0.2, 0.25) is 0 Å². The molecule has 1 aliphatic carbocycles. The monoisotopic (exact) mass is 534 g/mol. The van der Waals surface area contributed by atoms with Gasteiger partial charge in [-0.05, 0) is 43.0 Å². The van der Waals surface area contributed by atoms with Crippen LogP contribution in [0, 0.1) is 0 Å². The molecule has 2 amide bonds. The Morgan fingerprint density at radius 1 is 0.949 bits per heavy atom. The molecule has 0 saturated heterocycles. The molecule has 0 aliphatic heterocycles. The van der Waals surface area contributed by atoms with Crippen molar-refractivity contribution in [1.29, 1.82) is 0 Å². The number of imidazole rings is 1. The Morgan fingerprint density at radius 2 is 1.72 bits per heavy atom. The van der Waals surface area contributed by atoms with Gasteiger partial charge in [-0.3, -0.25) is 19.1 Å². The first-order valence-electron chi connectivity index (χ1n) is 12.4. The molecular formula is C26H30N8O5. The number of carbonyl (C=O) groups excluding carboxylic acids is 2. The van der Waals surface area contributed by atoms with Gasteiger partial charge in [0.15, 0.2) is 0 Å². The summed E-state index contributed by atoms with van der Waals surface area (Å²) in [6, 6.07) is 7.19. The van der Waals surface area contributed by atoms with E-state index in [1.807, 2.05) is 31.4 Å². The van der Waals surface area contributed by atoms with Gasteiger partial charge in [0.1, 0.15) is 5.82 Å². The molecule has 204 valence electrons. The lowest BCUT2D eigenvalue weighted by Gasteiger charge is -2.15. The SMILES string of the molecule is COC(=O)Nc1cc(Nc2cc3c(cn2)n(C)c(=O)n3[C@@H]2CC[C@@H](NC(=O)OC)C2)cc(-c2cnn(C)c2)c1. The summed E-state index contributed by atoms with van der Waals surface area (Å²) in [6.07, 6.45) is 6.31. The third kappa shape index (κ3) is 5.28. The van der Waals surface area contributed by atoms with E-state index in [1.54, 1.807) is 39.3 Å². The molecule has 13 nitrogen and oxygen atoms in total. The molecule has 3 N–H and O–H groups in total. The quantitative estimate of drug-likeness (QED) is 0.341. The molecule has 39 heavy (non-hydrogen) atoms. The average molecular weight is 535 g/mol. The fourth-order valence-corrected chi connectivity index (χ4v) is 5.05. The second-order valence-corrected chi connectivity index (χ2v) is 9.51. The summed E-state index contributed by atoms with van der Waals surface area (Å²) >= 11 is 0. The molecule has 4 aromatic rings. The van der Waals surface area contributed by atoms with Gasteiger partial charge in [-0.1, -0.05) is 0 Å². The number of fused-ring (bicyclic) bond motifs is 1. The number of methoxy groups -OCH3 is 2. The first-order chi connectivity index (χ1) is 18.7. The maximum atomic E-state index is 13.2. The largest absolute Gasteiger partial charge is 0.453 e. The van der Waals surface area contributed by atoms with E-state index >= 15 is 0 Å². The van der Waals surface area contributed by atoms with E-state index in [0.717, 1.165) is 29.5 Å². The average Bonchev–Trinajstić information content (AvgIpc) is 3.62. The first kappa shape index (κ1) is 25.8. The number of alkyl carbamates (subject to hydrolysis) is 1. The van der Waals surface area contributed by atoms with E-state index in [4.69, 9.17) is 9.47 Å². The van der Waals surface area contributed by atoms with Crippen molar-refractivity contribution in [3.63, 3.8) is 0 Å². The number of nitrogens with zero attached hydrogens (tertiary/aromatic N) is 5. The maximum Gasteiger partial charge on any atom is 0.411 e. The van der Waals surface area contributed by atoms with E-state index < -0.39 is 12.2 Å². The van der Waals surface area contributed by atoms with E-state index in [9.17, 15) is 14.4 Å². The number of rotatable bonds is 6. The minimum absolute atomic E-state index is 0.0695. The highest BCUT2D eigenvalue weighted by molar-refractivity contribution is 5.88. The summed E-state index contributed by atoms with van der Waals surface area (Å²) in [5, 5.41) is 13.1. The van der Waals surface area contributed by atoms with Gasteiger partial charge in [-0.2, -0.15) is 5.10 Å².